The van der Waals surface area contributed by atoms with E-state index in [0.717, 1.165) is 6.39 Å². The van der Waals surface area contributed by atoms with E-state index in [1.807, 2.05) is 0 Å². The molecule has 2 amide bonds. The van der Waals surface area contributed by atoms with Gasteiger partial charge >= 0.3 is 12.0 Å². The lowest BCUT2D eigenvalue weighted by Crippen LogP contribution is -2.28. The molecule has 0 saturated heterocycles. The zero-order chi connectivity index (χ0) is 15.2. The SMILES string of the molecule is COc1ccc(C(=O)O)cc1NC(=O)NCc1ncon1. The summed E-state index contributed by atoms with van der Waals surface area (Å²) in [5.74, 6) is -0.445. The molecule has 9 heteroatoms. The van der Waals surface area contributed by atoms with Crippen LogP contribution in [0.4, 0.5) is 10.5 Å². The molecular formula is C12H12N4O5. The van der Waals surface area contributed by atoms with Gasteiger partial charge in [0, 0.05) is 0 Å². The number of aromatic carboxylic acids is 1. The first-order chi connectivity index (χ1) is 10.1. The van der Waals surface area contributed by atoms with E-state index in [1.165, 1.54) is 25.3 Å². The second-order valence-corrected chi connectivity index (χ2v) is 3.88. The van der Waals surface area contributed by atoms with E-state index in [1.54, 1.807) is 0 Å². The largest absolute Gasteiger partial charge is 0.495 e. The first kappa shape index (κ1) is 14.3. The Labute approximate surface area is 118 Å². The van der Waals surface area contributed by atoms with Crippen LogP contribution in [0.5, 0.6) is 5.75 Å². The van der Waals surface area contributed by atoms with Gasteiger partial charge in [-0.05, 0) is 18.2 Å². The van der Waals surface area contributed by atoms with Crippen LogP contribution in [0.15, 0.2) is 29.1 Å². The highest BCUT2D eigenvalue weighted by Crippen LogP contribution is 2.25. The Hall–Kier alpha value is -3.10. The number of nitrogens with zero attached hydrogens (tertiary/aromatic N) is 2. The molecule has 0 aliphatic carbocycles. The van der Waals surface area contributed by atoms with Crippen molar-refractivity contribution in [2.24, 2.45) is 0 Å². The van der Waals surface area contributed by atoms with E-state index in [4.69, 9.17) is 9.84 Å². The number of amides is 2. The van der Waals surface area contributed by atoms with Crippen LogP contribution in [0.25, 0.3) is 0 Å². The van der Waals surface area contributed by atoms with Crippen molar-refractivity contribution in [2.75, 3.05) is 12.4 Å². The number of urea groups is 1. The summed E-state index contributed by atoms with van der Waals surface area (Å²) in [6.07, 6.45) is 1.15. The predicted molar refractivity (Wildman–Crippen MR) is 70.1 cm³/mol. The minimum Gasteiger partial charge on any atom is -0.495 e. The quantitative estimate of drug-likeness (QED) is 0.753. The van der Waals surface area contributed by atoms with E-state index in [9.17, 15) is 9.59 Å². The number of methoxy groups -OCH3 is 1. The zero-order valence-electron chi connectivity index (χ0n) is 11.0. The molecule has 0 atom stereocenters. The minimum atomic E-state index is -1.10. The van der Waals surface area contributed by atoms with Crippen molar-refractivity contribution in [3.8, 4) is 5.75 Å². The van der Waals surface area contributed by atoms with E-state index < -0.39 is 12.0 Å². The predicted octanol–water partition coefficient (Wildman–Crippen LogP) is 1.10. The van der Waals surface area contributed by atoms with Crippen LogP contribution in [-0.2, 0) is 6.54 Å². The summed E-state index contributed by atoms with van der Waals surface area (Å²) in [4.78, 5) is 26.4. The van der Waals surface area contributed by atoms with Gasteiger partial charge in [-0.1, -0.05) is 5.16 Å². The van der Waals surface area contributed by atoms with E-state index in [-0.39, 0.29) is 17.8 Å². The normalized spacial score (nSPS) is 9.95. The summed E-state index contributed by atoms with van der Waals surface area (Å²) in [6, 6.07) is 3.58. The molecule has 0 aliphatic rings. The highest BCUT2D eigenvalue weighted by atomic mass is 16.5. The fourth-order valence-electron chi connectivity index (χ4n) is 1.53. The number of carbonyl (C=O) groups is 2. The van der Waals surface area contributed by atoms with Crippen molar-refractivity contribution in [3.05, 3.63) is 36.0 Å². The molecule has 110 valence electrons. The Bertz CT molecular complexity index is 641. The van der Waals surface area contributed by atoms with Gasteiger partial charge in [0.05, 0.1) is 24.9 Å². The molecule has 2 aromatic rings. The Morgan fingerprint density at radius 3 is 2.86 bits per heavy atom. The van der Waals surface area contributed by atoms with Gasteiger partial charge in [-0.2, -0.15) is 4.98 Å². The number of carboxylic acid groups (broad SMARTS) is 1. The number of benzene rings is 1. The lowest BCUT2D eigenvalue weighted by Gasteiger charge is -2.11. The highest BCUT2D eigenvalue weighted by Gasteiger charge is 2.12. The molecule has 0 fully saturated rings. The summed E-state index contributed by atoms with van der Waals surface area (Å²) in [5, 5.41) is 17.5. The number of nitrogens with one attached hydrogen (secondary N) is 2. The van der Waals surface area contributed by atoms with Gasteiger partial charge in [0.25, 0.3) is 0 Å². The standard InChI is InChI=1S/C12H12N4O5/c1-20-9-3-2-7(11(17)18)4-8(9)15-12(19)13-5-10-14-6-21-16-10/h2-4,6H,5H2,1H3,(H,17,18)(H2,13,15,19). The fourth-order valence-corrected chi connectivity index (χ4v) is 1.53. The van der Waals surface area contributed by atoms with Crippen molar-refractivity contribution >= 4 is 17.7 Å². The Balaban J connectivity index is 2.04. The molecule has 3 N–H and O–H groups in total. The molecule has 0 saturated carbocycles. The third kappa shape index (κ3) is 3.69. The molecule has 1 aromatic carbocycles. The Kier molecular flexibility index (Phi) is 4.34. The Morgan fingerprint density at radius 2 is 2.24 bits per heavy atom. The van der Waals surface area contributed by atoms with Gasteiger partial charge in [0.1, 0.15) is 5.75 Å². The van der Waals surface area contributed by atoms with Crippen LogP contribution in [0, 0.1) is 0 Å². The summed E-state index contributed by atoms with van der Waals surface area (Å²) in [5.41, 5.74) is 0.271. The van der Waals surface area contributed by atoms with Crippen LogP contribution in [0.2, 0.25) is 0 Å². The van der Waals surface area contributed by atoms with Crippen LogP contribution >= 0.6 is 0 Å². The van der Waals surface area contributed by atoms with Crippen molar-refractivity contribution in [2.45, 2.75) is 6.54 Å². The molecule has 0 unspecified atom stereocenters. The Morgan fingerprint density at radius 1 is 1.43 bits per heavy atom. The van der Waals surface area contributed by atoms with Gasteiger partial charge in [0.15, 0.2) is 5.82 Å². The average Bonchev–Trinajstić information content (AvgIpc) is 2.98. The molecule has 2 rings (SSSR count). The van der Waals surface area contributed by atoms with Crippen molar-refractivity contribution in [1.82, 2.24) is 15.5 Å². The van der Waals surface area contributed by atoms with Crippen molar-refractivity contribution < 1.29 is 24.0 Å². The molecule has 0 aliphatic heterocycles. The van der Waals surface area contributed by atoms with Crippen molar-refractivity contribution in [1.29, 1.82) is 0 Å². The van der Waals surface area contributed by atoms with Gasteiger partial charge in [-0.3, -0.25) is 0 Å². The zero-order valence-corrected chi connectivity index (χ0v) is 11.0. The molecule has 9 nitrogen and oxygen atoms in total. The average molecular weight is 292 g/mol. The monoisotopic (exact) mass is 292 g/mol. The minimum absolute atomic E-state index is 0.0317. The van der Waals surface area contributed by atoms with E-state index in [0.29, 0.717) is 11.6 Å². The lowest BCUT2D eigenvalue weighted by atomic mass is 10.2. The molecule has 21 heavy (non-hydrogen) atoms. The van der Waals surface area contributed by atoms with Crippen LogP contribution in [0.3, 0.4) is 0 Å². The van der Waals surface area contributed by atoms with Crippen LogP contribution in [-0.4, -0.2) is 34.4 Å². The maximum absolute atomic E-state index is 11.7. The highest BCUT2D eigenvalue weighted by molar-refractivity contribution is 5.94. The maximum Gasteiger partial charge on any atom is 0.335 e. The van der Waals surface area contributed by atoms with Gasteiger partial charge < -0.3 is 25.0 Å². The summed E-state index contributed by atoms with van der Waals surface area (Å²) in [7, 11) is 1.41. The third-order valence-corrected chi connectivity index (χ3v) is 2.51. The number of hydrogen-bond acceptors (Lipinski definition) is 6. The number of carboxylic acids is 1. The number of rotatable bonds is 5. The molecule has 0 radical (unpaired) electrons. The molecule has 1 aromatic heterocycles. The summed E-state index contributed by atoms with van der Waals surface area (Å²) in [6.45, 7) is 0.0727. The summed E-state index contributed by atoms with van der Waals surface area (Å²) < 4.78 is 9.58. The lowest BCUT2D eigenvalue weighted by molar-refractivity contribution is 0.0697. The van der Waals surface area contributed by atoms with E-state index in [2.05, 4.69) is 25.3 Å². The first-order valence-electron chi connectivity index (χ1n) is 5.81. The topological polar surface area (TPSA) is 127 Å². The number of aromatic nitrogens is 2. The van der Waals surface area contributed by atoms with E-state index >= 15 is 0 Å². The smallest absolute Gasteiger partial charge is 0.335 e. The number of carbonyl (C=O) groups excluding carboxylic acids is 1. The molecule has 0 spiro atoms. The molecular weight excluding hydrogens is 280 g/mol. The van der Waals surface area contributed by atoms with Gasteiger partial charge in [-0.15, -0.1) is 0 Å². The number of anilines is 1. The summed E-state index contributed by atoms with van der Waals surface area (Å²) >= 11 is 0. The van der Waals surface area contributed by atoms with Crippen LogP contribution in [0.1, 0.15) is 16.2 Å². The fraction of sp³-hybridized carbons (Fsp3) is 0.167. The first-order valence-corrected chi connectivity index (χ1v) is 5.81. The third-order valence-electron chi connectivity index (χ3n) is 2.51. The second-order valence-electron chi connectivity index (χ2n) is 3.88. The molecule has 0 bridgehead atoms. The van der Waals surface area contributed by atoms with Gasteiger partial charge in [-0.25, -0.2) is 9.59 Å². The van der Waals surface area contributed by atoms with Crippen molar-refractivity contribution in [3.63, 3.8) is 0 Å². The maximum atomic E-state index is 11.7. The number of hydrogen-bond donors (Lipinski definition) is 3. The van der Waals surface area contributed by atoms with Gasteiger partial charge in [0.2, 0.25) is 6.39 Å². The van der Waals surface area contributed by atoms with Crippen LogP contribution < -0.4 is 15.4 Å². The number of ether oxygens (including phenoxy) is 1. The molecule has 1 heterocycles. The second kappa shape index (κ2) is 6.37.